The van der Waals surface area contributed by atoms with Gasteiger partial charge in [-0.3, -0.25) is 28.8 Å². The summed E-state index contributed by atoms with van der Waals surface area (Å²) in [7, 11) is 0. The van der Waals surface area contributed by atoms with Crippen molar-refractivity contribution in [1.29, 1.82) is 0 Å². The molecule has 0 bridgehead atoms. The third kappa shape index (κ3) is 12.4. The first-order valence-corrected chi connectivity index (χ1v) is 22.2. The molecule has 4 N–H and O–H groups in total. The molecule has 2 aromatic carbocycles. The first-order chi connectivity index (χ1) is 33.0. The molecular weight excluding hydrogens is 968 g/mol. The fraction of sp³-hybridized carbons (Fsp3) is 0.156. The van der Waals surface area contributed by atoms with E-state index in [9.17, 15) is 46.3 Å². The molecule has 69 heavy (non-hydrogen) atoms. The van der Waals surface area contributed by atoms with Crippen molar-refractivity contribution in [2.24, 2.45) is 0 Å². The highest BCUT2D eigenvalue weighted by Gasteiger charge is 2.21. The van der Waals surface area contributed by atoms with E-state index in [1.54, 1.807) is 30.3 Å². The van der Waals surface area contributed by atoms with Gasteiger partial charge in [-0.25, -0.2) is 27.8 Å². The Bertz CT molecular complexity index is 3270. The Labute approximate surface area is 400 Å². The number of nitrogens with zero attached hydrogens (tertiary/aromatic N) is 6. The number of alkyl halides is 2. The lowest BCUT2D eigenvalue weighted by molar-refractivity contribution is -0.0522. The van der Waals surface area contributed by atoms with E-state index < -0.39 is 47.6 Å². The van der Waals surface area contributed by atoms with E-state index in [4.69, 9.17) is 11.6 Å². The van der Waals surface area contributed by atoms with Gasteiger partial charge in [0.2, 0.25) is 0 Å². The van der Waals surface area contributed by atoms with E-state index in [0.29, 0.717) is 26.5 Å². The van der Waals surface area contributed by atoms with E-state index in [0.717, 1.165) is 21.9 Å². The lowest BCUT2D eigenvalue weighted by Crippen LogP contribution is -2.28. The number of hydrogen-bond donors (Lipinski definition) is 4. The molecule has 6 aromatic heterocycles. The monoisotopic (exact) mass is 1000 g/mol. The van der Waals surface area contributed by atoms with Crippen LogP contribution in [-0.2, 0) is 26.2 Å². The summed E-state index contributed by atoms with van der Waals surface area (Å²) in [6.45, 7) is 0.0875. The summed E-state index contributed by atoms with van der Waals surface area (Å²) in [6, 6.07) is 20.1. The van der Waals surface area contributed by atoms with Gasteiger partial charge in [-0.1, -0.05) is 23.7 Å². The van der Waals surface area contributed by atoms with Crippen LogP contribution in [0, 0.1) is 11.6 Å². The Hall–Kier alpha value is -7.89. The molecule has 0 fully saturated rings. The number of aromatic nitrogens is 6. The SMILES string of the molecule is CC(=O)c1ccc(CNC(=O)c2cc(C(=O)NCc3ccc(F)c(Cl)c3)nc3ccnn23)s1.CC(=O)c1ccc(CNC(=O)c2cc(C(=O)NCc3ccc(F)c(OC(F)F)c3)nc3ccnn23)s1. The van der Waals surface area contributed by atoms with Crippen LogP contribution in [0.15, 0.2) is 97.3 Å². The number of halogens is 5. The first-order valence-electron chi connectivity index (χ1n) is 20.2. The average molecular weight is 1000 g/mol. The van der Waals surface area contributed by atoms with E-state index in [2.05, 4.69) is 46.2 Å². The minimum Gasteiger partial charge on any atom is -0.432 e. The standard InChI is InChI=1S/C23H18F3N5O4S.C22H17ClFN5O3S/c1-12(32)19-5-3-14(36-19)11-28-22(34)17-9-16(30-20-6-7-29-31(17)20)21(33)27-10-13-2-4-15(24)18(8-13)35-23(25)26;1-12(30)19-5-3-14(33-19)11-26-22(32)18-9-17(28-20-6-7-27-29(18)20)21(31)25-10-13-2-4-16(24)15(23)8-13/h2-9,23H,10-11H2,1H3,(H,27,33)(H,28,34);2-9H,10-11H2,1H3,(H,25,31)(H,26,32). The number of carbonyl (C=O) groups excluding carboxylic acids is 6. The predicted molar refractivity (Wildman–Crippen MR) is 244 cm³/mol. The highest BCUT2D eigenvalue weighted by molar-refractivity contribution is 7.14. The van der Waals surface area contributed by atoms with Crippen LogP contribution in [0.5, 0.6) is 5.75 Å². The number of benzene rings is 2. The van der Waals surface area contributed by atoms with Gasteiger partial charge >= 0.3 is 6.61 Å². The fourth-order valence-electron chi connectivity index (χ4n) is 6.26. The molecule has 0 unspecified atom stereocenters. The van der Waals surface area contributed by atoms with Gasteiger partial charge < -0.3 is 26.0 Å². The van der Waals surface area contributed by atoms with Crippen molar-refractivity contribution in [2.75, 3.05) is 0 Å². The minimum atomic E-state index is -3.20. The second kappa shape index (κ2) is 21.8. The quantitative estimate of drug-likeness (QED) is 0.0558. The van der Waals surface area contributed by atoms with Crippen molar-refractivity contribution in [1.82, 2.24) is 50.5 Å². The minimum absolute atomic E-state index is 0.0244. The van der Waals surface area contributed by atoms with Gasteiger partial charge in [-0.15, -0.1) is 22.7 Å². The normalized spacial score (nSPS) is 11.0. The van der Waals surface area contributed by atoms with E-state index in [-0.39, 0.29) is 71.2 Å². The Morgan fingerprint density at radius 2 is 1.04 bits per heavy atom. The third-order valence-corrected chi connectivity index (χ3v) is 12.3. The Kier molecular flexibility index (Phi) is 15.5. The van der Waals surface area contributed by atoms with Crippen molar-refractivity contribution in [3.8, 4) is 5.75 Å². The summed E-state index contributed by atoms with van der Waals surface area (Å²) in [5.41, 5.74) is 1.61. The molecule has 0 atom stereocenters. The zero-order valence-corrected chi connectivity index (χ0v) is 38.3. The number of fused-ring (bicyclic) bond motifs is 2. The molecule has 0 aliphatic carbocycles. The van der Waals surface area contributed by atoms with Crippen molar-refractivity contribution in [2.45, 2.75) is 46.6 Å². The molecule has 0 saturated carbocycles. The number of amides is 4. The van der Waals surface area contributed by atoms with Gasteiger partial charge in [0.05, 0.1) is 40.3 Å². The summed E-state index contributed by atoms with van der Waals surface area (Å²) in [6.07, 6.45) is 2.89. The van der Waals surface area contributed by atoms with Crippen LogP contribution in [0.25, 0.3) is 11.3 Å². The summed E-state index contributed by atoms with van der Waals surface area (Å²) in [5.74, 6) is -4.41. The molecule has 4 amide bonds. The number of rotatable bonds is 16. The molecule has 354 valence electrons. The molecule has 0 saturated heterocycles. The summed E-state index contributed by atoms with van der Waals surface area (Å²) in [5, 5.41) is 18.9. The molecule has 8 aromatic rings. The van der Waals surface area contributed by atoms with Gasteiger partial charge in [0, 0.05) is 47.1 Å². The molecule has 17 nitrogen and oxygen atoms in total. The first kappa shape index (κ1) is 49.0. The number of Topliss-reactive ketones (excluding diaryl/α,β-unsaturated/α-hetero) is 2. The zero-order valence-electron chi connectivity index (χ0n) is 35.9. The van der Waals surface area contributed by atoms with E-state index in [1.165, 1.54) is 100 Å². The highest BCUT2D eigenvalue weighted by atomic mass is 35.5. The number of carbonyl (C=O) groups is 6. The lowest BCUT2D eigenvalue weighted by atomic mass is 10.2. The van der Waals surface area contributed by atoms with Gasteiger partial charge in [-0.2, -0.15) is 19.0 Å². The Morgan fingerprint density at radius 3 is 1.48 bits per heavy atom. The molecule has 0 aliphatic heterocycles. The van der Waals surface area contributed by atoms with E-state index in [1.807, 2.05) is 0 Å². The van der Waals surface area contributed by atoms with Gasteiger partial charge in [-0.05, 0) is 73.5 Å². The van der Waals surface area contributed by atoms with Crippen molar-refractivity contribution >= 4 is 80.8 Å². The fourth-order valence-corrected chi connectivity index (χ4v) is 8.15. The highest BCUT2D eigenvalue weighted by Crippen LogP contribution is 2.22. The summed E-state index contributed by atoms with van der Waals surface area (Å²) >= 11 is 8.34. The predicted octanol–water partition coefficient (Wildman–Crippen LogP) is 7.24. The van der Waals surface area contributed by atoms with Crippen LogP contribution in [0.1, 0.15) is 96.0 Å². The van der Waals surface area contributed by atoms with Crippen molar-refractivity contribution < 1.29 is 51.1 Å². The molecule has 24 heteroatoms. The topological polar surface area (TPSA) is 220 Å². The molecule has 0 aliphatic rings. The maximum Gasteiger partial charge on any atom is 0.387 e. The molecule has 0 radical (unpaired) electrons. The molecule has 6 heterocycles. The Morgan fingerprint density at radius 1 is 0.594 bits per heavy atom. The van der Waals surface area contributed by atoms with Crippen LogP contribution in [0.2, 0.25) is 5.02 Å². The largest absolute Gasteiger partial charge is 0.432 e. The smallest absolute Gasteiger partial charge is 0.387 e. The molecule has 0 spiro atoms. The number of ether oxygens (including phenoxy) is 1. The van der Waals surface area contributed by atoms with Crippen LogP contribution in [0.4, 0.5) is 17.6 Å². The number of ketones is 2. The van der Waals surface area contributed by atoms with Gasteiger partial charge in [0.15, 0.2) is 34.4 Å². The summed E-state index contributed by atoms with van der Waals surface area (Å²) in [4.78, 5) is 85.3. The lowest BCUT2D eigenvalue weighted by Gasteiger charge is -2.10. The van der Waals surface area contributed by atoms with Gasteiger partial charge in [0.1, 0.15) is 28.6 Å². The third-order valence-electron chi connectivity index (χ3n) is 9.61. The van der Waals surface area contributed by atoms with Crippen molar-refractivity contribution in [3.05, 3.63) is 167 Å². The molecular formula is C45H35ClF4N10O7S2. The van der Waals surface area contributed by atoms with Crippen LogP contribution >= 0.6 is 34.3 Å². The van der Waals surface area contributed by atoms with Crippen LogP contribution < -0.4 is 26.0 Å². The zero-order chi connectivity index (χ0) is 49.4. The number of thiophene rings is 2. The van der Waals surface area contributed by atoms with E-state index >= 15 is 0 Å². The molecule has 8 rings (SSSR count). The van der Waals surface area contributed by atoms with Crippen molar-refractivity contribution in [3.63, 3.8) is 0 Å². The average Bonchev–Trinajstić information content (AvgIpc) is 4.18. The second-order valence-corrected chi connectivity index (χ2v) is 17.3. The maximum atomic E-state index is 13.6. The van der Waals surface area contributed by atoms with Crippen LogP contribution in [0.3, 0.4) is 0 Å². The van der Waals surface area contributed by atoms with Gasteiger partial charge in [0.25, 0.3) is 23.6 Å². The summed E-state index contributed by atoms with van der Waals surface area (Å²) < 4.78 is 58.5. The Balaban J connectivity index is 0.000000205. The van der Waals surface area contributed by atoms with Crippen LogP contribution in [-0.4, -0.2) is 71.0 Å². The second-order valence-electron chi connectivity index (χ2n) is 14.5. The number of hydrogen-bond acceptors (Lipinski definition) is 13. The maximum absolute atomic E-state index is 13.6. The number of nitrogens with one attached hydrogen (secondary N) is 4.